The number of para-hydroxylation sites is 1. The summed E-state index contributed by atoms with van der Waals surface area (Å²) < 4.78 is 5.49. The van der Waals surface area contributed by atoms with Crippen molar-refractivity contribution in [1.29, 1.82) is 0 Å². The summed E-state index contributed by atoms with van der Waals surface area (Å²) >= 11 is 6.05. The van der Waals surface area contributed by atoms with Crippen molar-refractivity contribution >= 4 is 29.2 Å². The zero-order valence-electron chi connectivity index (χ0n) is 14.3. The predicted octanol–water partition coefficient (Wildman–Crippen LogP) is 2.01. The lowest BCUT2D eigenvalue weighted by molar-refractivity contribution is -0.385. The Bertz CT molecular complexity index is 843. The third kappa shape index (κ3) is 5.68. The average Bonchev–Trinajstić information content (AvgIpc) is 2.61. The van der Waals surface area contributed by atoms with Crippen LogP contribution in [-0.2, 0) is 9.59 Å². The van der Waals surface area contributed by atoms with E-state index in [1.165, 1.54) is 19.1 Å². The number of nitrogens with zero attached hydrogens (tertiary/aromatic N) is 1. The number of carboxylic acids is 1. The third-order valence-electron chi connectivity index (χ3n) is 3.68. The highest BCUT2D eigenvalue weighted by Gasteiger charge is 2.24. The molecule has 0 fully saturated rings. The van der Waals surface area contributed by atoms with E-state index >= 15 is 0 Å². The van der Waals surface area contributed by atoms with Gasteiger partial charge in [0.05, 0.1) is 11.0 Å². The third-order valence-corrected chi connectivity index (χ3v) is 4.02. The summed E-state index contributed by atoms with van der Waals surface area (Å²) in [7, 11) is 0. The van der Waals surface area contributed by atoms with Gasteiger partial charge in [-0.25, -0.2) is 0 Å². The van der Waals surface area contributed by atoms with Gasteiger partial charge in [-0.3, -0.25) is 14.9 Å². The van der Waals surface area contributed by atoms with Crippen molar-refractivity contribution in [2.75, 3.05) is 0 Å². The molecule has 2 rings (SSSR count). The van der Waals surface area contributed by atoms with Crippen molar-refractivity contribution < 1.29 is 24.4 Å². The van der Waals surface area contributed by atoms with E-state index in [1.54, 1.807) is 30.3 Å². The van der Waals surface area contributed by atoms with Gasteiger partial charge in [-0.1, -0.05) is 29.8 Å². The van der Waals surface area contributed by atoms with Crippen LogP contribution in [0.5, 0.6) is 5.75 Å². The van der Waals surface area contributed by atoms with Crippen molar-refractivity contribution in [2.24, 2.45) is 0 Å². The molecule has 2 aromatic carbocycles. The number of rotatable bonds is 8. The molecule has 1 amide bonds. The van der Waals surface area contributed by atoms with Gasteiger partial charge >= 0.3 is 0 Å². The van der Waals surface area contributed by atoms with E-state index in [0.717, 1.165) is 6.07 Å². The Hall–Kier alpha value is -3.13. The van der Waals surface area contributed by atoms with Crippen LogP contribution in [0.25, 0.3) is 0 Å². The van der Waals surface area contributed by atoms with Crippen LogP contribution in [-0.4, -0.2) is 22.9 Å². The summed E-state index contributed by atoms with van der Waals surface area (Å²) in [5.41, 5.74) is -0.170. The van der Waals surface area contributed by atoms with Crippen LogP contribution < -0.4 is 15.2 Å². The molecule has 0 aliphatic heterocycles. The molecule has 9 heteroatoms. The second-order valence-corrected chi connectivity index (χ2v) is 6.08. The molecule has 142 valence electrons. The lowest BCUT2D eigenvalue weighted by Gasteiger charge is -2.23. The Morgan fingerprint density at radius 3 is 2.48 bits per heavy atom. The second-order valence-electron chi connectivity index (χ2n) is 5.67. The van der Waals surface area contributed by atoms with E-state index in [-0.39, 0.29) is 16.3 Å². The molecule has 0 bridgehead atoms. The monoisotopic (exact) mass is 391 g/mol. The van der Waals surface area contributed by atoms with Crippen molar-refractivity contribution in [3.05, 3.63) is 69.2 Å². The van der Waals surface area contributed by atoms with Gasteiger partial charge in [-0.2, -0.15) is 0 Å². The maximum atomic E-state index is 12.4. The van der Waals surface area contributed by atoms with E-state index < -0.39 is 35.4 Å². The van der Waals surface area contributed by atoms with Crippen LogP contribution in [0, 0.1) is 10.1 Å². The number of nitro benzene ring substituents is 1. The number of amides is 1. The lowest BCUT2D eigenvalue weighted by Crippen LogP contribution is -2.40. The van der Waals surface area contributed by atoms with Gasteiger partial charge in [0.15, 0.2) is 6.10 Å². The van der Waals surface area contributed by atoms with Gasteiger partial charge in [-0.15, -0.1) is 0 Å². The lowest BCUT2D eigenvalue weighted by atomic mass is 10.0. The molecule has 0 radical (unpaired) electrons. The summed E-state index contributed by atoms with van der Waals surface area (Å²) in [6, 6.07) is 11.1. The highest BCUT2D eigenvalue weighted by atomic mass is 35.5. The quantitative estimate of drug-likeness (QED) is 0.542. The Morgan fingerprint density at radius 1 is 1.22 bits per heavy atom. The summed E-state index contributed by atoms with van der Waals surface area (Å²) in [5, 5.41) is 24.6. The first-order valence-corrected chi connectivity index (χ1v) is 8.31. The van der Waals surface area contributed by atoms with Crippen LogP contribution in [0.1, 0.15) is 24.9 Å². The molecule has 0 aromatic heterocycles. The fourth-order valence-corrected chi connectivity index (χ4v) is 2.61. The minimum Gasteiger partial charge on any atom is -0.550 e. The summed E-state index contributed by atoms with van der Waals surface area (Å²) in [6.45, 7) is 1.49. The fraction of sp³-hybridized carbons (Fsp3) is 0.222. The molecule has 0 aliphatic carbocycles. The Balaban J connectivity index is 2.21. The van der Waals surface area contributed by atoms with Crippen LogP contribution in [0.4, 0.5) is 5.69 Å². The van der Waals surface area contributed by atoms with Gasteiger partial charge in [0.1, 0.15) is 5.75 Å². The summed E-state index contributed by atoms with van der Waals surface area (Å²) in [4.78, 5) is 33.8. The first-order valence-electron chi connectivity index (χ1n) is 7.93. The topological polar surface area (TPSA) is 122 Å². The predicted molar refractivity (Wildman–Crippen MR) is 95.1 cm³/mol. The van der Waals surface area contributed by atoms with Crippen LogP contribution in [0.3, 0.4) is 0 Å². The van der Waals surface area contributed by atoms with Gasteiger partial charge in [0.25, 0.3) is 11.6 Å². The summed E-state index contributed by atoms with van der Waals surface area (Å²) in [5.74, 6) is -1.59. The Kier molecular flexibility index (Phi) is 6.73. The number of ether oxygens (including phenoxy) is 1. The number of hydrogen-bond donors (Lipinski definition) is 1. The molecule has 0 heterocycles. The van der Waals surface area contributed by atoms with Gasteiger partial charge < -0.3 is 20.0 Å². The first kappa shape index (κ1) is 20.2. The Labute approximate surface area is 159 Å². The molecule has 0 aliphatic rings. The first-order chi connectivity index (χ1) is 12.8. The number of carbonyl (C=O) groups is 2. The van der Waals surface area contributed by atoms with E-state index in [2.05, 4.69) is 5.32 Å². The number of aliphatic carboxylic acids is 1. The minimum absolute atomic E-state index is 0.0868. The molecule has 0 saturated heterocycles. The highest BCUT2D eigenvalue weighted by Crippen LogP contribution is 2.29. The van der Waals surface area contributed by atoms with Gasteiger partial charge in [0.2, 0.25) is 0 Å². The van der Waals surface area contributed by atoms with Crippen LogP contribution in [0.15, 0.2) is 48.5 Å². The normalized spacial score (nSPS) is 12.7. The van der Waals surface area contributed by atoms with Gasteiger partial charge in [-0.05, 0) is 25.1 Å². The standard InChI is InChI=1S/C18H17ClN2O6/c1-11(27-13-5-3-2-4-6-13)18(24)20-16(10-17(22)23)14-9-12(21(25)26)7-8-15(14)19/h2-9,11,16H,10H2,1H3,(H,20,24)(H,22,23)/p-1/t11-,16-/m0/s1. The number of nitrogens with one attached hydrogen (secondary N) is 1. The highest BCUT2D eigenvalue weighted by molar-refractivity contribution is 6.31. The molecule has 0 unspecified atom stereocenters. The SMILES string of the molecule is C[C@H](Oc1ccccc1)C(=O)N[C@@H](CC(=O)[O-])c1cc([N+](=O)[O-])ccc1Cl. The Morgan fingerprint density at radius 2 is 1.89 bits per heavy atom. The summed E-state index contributed by atoms with van der Waals surface area (Å²) in [6.07, 6.45) is -1.54. The fourth-order valence-electron chi connectivity index (χ4n) is 2.36. The zero-order valence-corrected chi connectivity index (χ0v) is 15.0. The maximum absolute atomic E-state index is 12.4. The average molecular weight is 392 g/mol. The molecule has 2 atom stereocenters. The number of halogens is 1. The van der Waals surface area contributed by atoms with Crippen molar-refractivity contribution in [1.82, 2.24) is 5.32 Å². The van der Waals surface area contributed by atoms with E-state index in [4.69, 9.17) is 16.3 Å². The molecule has 1 N–H and O–H groups in total. The molecular weight excluding hydrogens is 376 g/mol. The number of non-ortho nitro benzene ring substituents is 1. The molecule has 0 spiro atoms. The van der Waals surface area contributed by atoms with Crippen molar-refractivity contribution in [3.63, 3.8) is 0 Å². The number of carbonyl (C=O) groups excluding carboxylic acids is 2. The van der Waals surface area contributed by atoms with Gasteiger partial charge in [0, 0.05) is 35.1 Å². The van der Waals surface area contributed by atoms with Crippen molar-refractivity contribution in [2.45, 2.75) is 25.5 Å². The molecule has 27 heavy (non-hydrogen) atoms. The van der Waals surface area contributed by atoms with E-state index in [1.807, 2.05) is 0 Å². The van der Waals surface area contributed by atoms with Crippen LogP contribution in [0.2, 0.25) is 5.02 Å². The van der Waals surface area contributed by atoms with Crippen molar-refractivity contribution in [3.8, 4) is 5.75 Å². The smallest absolute Gasteiger partial charge is 0.269 e. The van der Waals surface area contributed by atoms with Crippen LogP contribution >= 0.6 is 11.6 Å². The molecule has 2 aromatic rings. The molecule has 0 saturated carbocycles. The zero-order chi connectivity index (χ0) is 20.0. The maximum Gasteiger partial charge on any atom is 0.269 e. The second kappa shape index (κ2) is 9.00. The number of hydrogen-bond acceptors (Lipinski definition) is 6. The number of benzene rings is 2. The largest absolute Gasteiger partial charge is 0.550 e. The molecule has 8 nitrogen and oxygen atoms in total. The minimum atomic E-state index is -1.44. The number of carboxylic acid groups (broad SMARTS) is 1. The number of nitro groups is 1. The van der Waals surface area contributed by atoms with E-state index in [0.29, 0.717) is 5.75 Å². The van der Waals surface area contributed by atoms with E-state index in [9.17, 15) is 24.8 Å². The molecular formula is C18H16ClN2O6-.